The lowest BCUT2D eigenvalue weighted by Crippen LogP contribution is -2.21. The third-order valence-electron chi connectivity index (χ3n) is 2.50. The van der Waals surface area contributed by atoms with Crippen LogP contribution in [-0.2, 0) is 0 Å². The van der Waals surface area contributed by atoms with Gasteiger partial charge in [-0.25, -0.2) is 9.97 Å². The van der Waals surface area contributed by atoms with E-state index in [2.05, 4.69) is 27.0 Å². The smallest absolute Gasteiger partial charge is 0.136 e. The third-order valence-corrected chi connectivity index (χ3v) is 2.50. The van der Waals surface area contributed by atoms with Gasteiger partial charge < -0.3 is 10.6 Å². The predicted octanol–water partition coefficient (Wildman–Crippen LogP) is 1.96. The van der Waals surface area contributed by atoms with Crippen molar-refractivity contribution < 1.29 is 0 Å². The second kappa shape index (κ2) is 5.96. The van der Waals surface area contributed by atoms with Crippen molar-refractivity contribution in [2.75, 3.05) is 18.0 Å². The zero-order chi connectivity index (χ0) is 11.9. The Hall–Kier alpha value is -1.94. The molecule has 0 aliphatic carbocycles. The van der Waals surface area contributed by atoms with Crippen molar-refractivity contribution in [1.82, 2.24) is 9.97 Å². The fraction of sp³-hybridized carbons (Fsp3) is 0.231. The molecule has 4 nitrogen and oxygen atoms in total. The van der Waals surface area contributed by atoms with Crippen LogP contribution in [0, 0.1) is 0 Å². The van der Waals surface area contributed by atoms with Crippen molar-refractivity contribution in [1.29, 1.82) is 0 Å². The van der Waals surface area contributed by atoms with Crippen LogP contribution < -0.4 is 10.6 Å². The lowest BCUT2D eigenvalue weighted by Gasteiger charge is -2.23. The largest absolute Gasteiger partial charge is 0.330 e. The van der Waals surface area contributed by atoms with Gasteiger partial charge in [0.1, 0.15) is 12.1 Å². The van der Waals surface area contributed by atoms with Crippen LogP contribution in [0.25, 0.3) is 0 Å². The van der Waals surface area contributed by atoms with E-state index in [4.69, 9.17) is 5.73 Å². The summed E-state index contributed by atoms with van der Waals surface area (Å²) in [7, 11) is 0. The van der Waals surface area contributed by atoms with E-state index in [-0.39, 0.29) is 0 Å². The fourth-order valence-corrected chi connectivity index (χ4v) is 1.68. The summed E-state index contributed by atoms with van der Waals surface area (Å²) in [5.74, 6) is 0.902. The van der Waals surface area contributed by atoms with E-state index < -0.39 is 0 Å². The molecule has 4 heteroatoms. The molecular weight excluding hydrogens is 212 g/mol. The van der Waals surface area contributed by atoms with Gasteiger partial charge in [0.05, 0.1) is 0 Å². The number of hydrogen-bond acceptors (Lipinski definition) is 4. The average Bonchev–Trinajstić information content (AvgIpc) is 2.42. The van der Waals surface area contributed by atoms with Crippen LogP contribution in [0.1, 0.15) is 6.42 Å². The minimum Gasteiger partial charge on any atom is -0.330 e. The molecule has 17 heavy (non-hydrogen) atoms. The maximum Gasteiger partial charge on any atom is 0.136 e. The summed E-state index contributed by atoms with van der Waals surface area (Å²) in [5, 5.41) is 0. The first kappa shape index (κ1) is 11.5. The average molecular weight is 228 g/mol. The van der Waals surface area contributed by atoms with Gasteiger partial charge in [-0.1, -0.05) is 18.2 Å². The van der Waals surface area contributed by atoms with Crippen LogP contribution in [0.4, 0.5) is 11.5 Å². The van der Waals surface area contributed by atoms with Gasteiger partial charge in [-0.2, -0.15) is 0 Å². The lowest BCUT2D eigenvalue weighted by atomic mass is 10.2. The molecule has 2 N–H and O–H groups in total. The minimum absolute atomic E-state index is 0.675. The number of benzene rings is 1. The fourth-order valence-electron chi connectivity index (χ4n) is 1.68. The molecule has 1 heterocycles. The third kappa shape index (κ3) is 3.01. The zero-order valence-electron chi connectivity index (χ0n) is 9.66. The Labute approximate surface area is 101 Å². The van der Waals surface area contributed by atoms with E-state index in [1.807, 2.05) is 24.3 Å². The monoisotopic (exact) mass is 228 g/mol. The molecule has 0 saturated heterocycles. The highest BCUT2D eigenvalue weighted by Crippen LogP contribution is 2.22. The number of rotatable bonds is 5. The molecule has 0 radical (unpaired) electrons. The van der Waals surface area contributed by atoms with Gasteiger partial charge in [0.2, 0.25) is 0 Å². The minimum atomic E-state index is 0.675. The molecule has 1 aromatic heterocycles. The second-order valence-corrected chi connectivity index (χ2v) is 3.70. The molecule has 88 valence electrons. The molecule has 0 spiro atoms. The Morgan fingerprint density at radius 2 is 1.94 bits per heavy atom. The zero-order valence-corrected chi connectivity index (χ0v) is 9.66. The number of nitrogens with zero attached hydrogens (tertiary/aromatic N) is 3. The van der Waals surface area contributed by atoms with Gasteiger partial charge in [0, 0.05) is 18.4 Å². The summed E-state index contributed by atoms with van der Waals surface area (Å²) in [5.41, 5.74) is 6.70. The number of nitrogens with two attached hydrogens (primary N) is 1. The highest BCUT2D eigenvalue weighted by atomic mass is 15.2. The van der Waals surface area contributed by atoms with Crippen LogP contribution in [0.15, 0.2) is 48.9 Å². The van der Waals surface area contributed by atoms with Crippen LogP contribution in [0.3, 0.4) is 0 Å². The summed E-state index contributed by atoms with van der Waals surface area (Å²) >= 11 is 0. The van der Waals surface area contributed by atoms with Crippen LogP contribution >= 0.6 is 0 Å². The molecular formula is C13H16N4. The van der Waals surface area contributed by atoms with E-state index in [1.165, 1.54) is 0 Å². The summed E-state index contributed by atoms with van der Waals surface area (Å²) in [4.78, 5) is 10.4. The first-order valence-corrected chi connectivity index (χ1v) is 5.70. The normalized spacial score (nSPS) is 10.2. The number of aromatic nitrogens is 2. The maximum absolute atomic E-state index is 5.57. The van der Waals surface area contributed by atoms with E-state index in [9.17, 15) is 0 Å². The van der Waals surface area contributed by atoms with Gasteiger partial charge in [-0.05, 0) is 31.2 Å². The van der Waals surface area contributed by atoms with Crippen molar-refractivity contribution in [2.24, 2.45) is 5.73 Å². The number of hydrogen-bond donors (Lipinski definition) is 1. The second-order valence-electron chi connectivity index (χ2n) is 3.70. The number of para-hydroxylation sites is 1. The Kier molecular flexibility index (Phi) is 4.05. The summed E-state index contributed by atoms with van der Waals surface area (Å²) in [6, 6.07) is 12.1. The molecule has 0 saturated carbocycles. The highest BCUT2D eigenvalue weighted by Gasteiger charge is 2.08. The maximum atomic E-state index is 5.57. The van der Waals surface area contributed by atoms with Gasteiger partial charge >= 0.3 is 0 Å². The van der Waals surface area contributed by atoms with E-state index in [0.717, 1.165) is 24.5 Å². The number of anilines is 2. The summed E-state index contributed by atoms with van der Waals surface area (Å²) < 4.78 is 0. The van der Waals surface area contributed by atoms with Crippen LogP contribution in [0.5, 0.6) is 0 Å². The molecule has 2 aromatic rings. The molecule has 1 aromatic carbocycles. The van der Waals surface area contributed by atoms with Gasteiger partial charge in [0.25, 0.3) is 0 Å². The van der Waals surface area contributed by atoms with Crippen molar-refractivity contribution in [3.8, 4) is 0 Å². The molecule has 0 amide bonds. The highest BCUT2D eigenvalue weighted by molar-refractivity contribution is 5.59. The molecule has 0 unspecified atom stereocenters. The van der Waals surface area contributed by atoms with Crippen molar-refractivity contribution in [3.63, 3.8) is 0 Å². The van der Waals surface area contributed by atoms with Crippen molar-refractivity contribution in [2.45, 2.75) is 6.42 Å². The molecule has 0 aliphatic heterocycles. The Balaban J connectivity index is 2.26. The first-order chi connectivity index (χ1) is 8.42. The van der Waals surface area contributed by atoms with Gasteiger partial charge in [-0.3, -0.25) is 0 Å². The molecule has 0 fully saturated rings. The lowest BCUT2D eigenvalue weighted by molar-refractivity contribution is 0.808. The van der Waals surface area contributed by atoms with Gasteiger partial charge in [-0.15, -0.1) is 0 Å². The van der Waals surface area contributed by atoms with Crippen LogP contribution in [0.2, 0.25) is 0 Å². The van der Waals surface area contributed by atoms with E-state index in [1.54, 1.807) is 12.5 Å². The Bertz CT molecular complexity index is 390. The van der Waals surface area contributed by atoms with E-state index in [0.29, 0.717) is 6.54 Å². The summed E-state index contributed by atoms with van der Waals surface area (Å²) in [6.45, 7) is 1.53. The van der Waals surface area contributed by atoms with Crippen molar-refractivity contribution in [3.05, 3.63) is 48.9 Å². The van der Waals surface area contributed by atoms with Crippen molar-refractivity contribution >= 4 is 11.5 Å². The van der Waals surface area contributed by atoms with Crippen LogP contribution in [-0.4, -0.2) is 23.1 Å². The SMILES string of the molecule is NCCCN(c1ccccc1)c1ccncn1. The Morgan fingerprint density at radius 3 is 2.59 bits per heavy atom. The predicted molar refractivity (Wildman–Crippen MR) is 69.2 cm³/mol. The van der Waals surface area contributed by atoms with Gasteiger partial charge in [0.15, 0.2) is 0 Å². The molecule has 0 atom stereocenters. The molecule has 0 aliphatic rings. The van der Waals surface area contributed by atoms with E-state index >= 15 is 0 Å². The summed E-state index contributed by atoms with van der Waals surface area (Å²) in [6.07, 6.45) is 4.24. The Morgan fingerprint density at radius 1 is 1.12 bits per heavy atom. The molecule has 0 bridgehead atoms. The topological polar surface area (TPSA) is 55.0 Å². The first-order valence-electron chi connectivity index (χ1n) is 5.70. The molecule has 2 rings (SSSR count). The quantitative estimate of drug-likeness (QED) is 0.850. The standard InChI is InChI=1S/C13H16N4/c14-8-4-10-17(12-5-2-1-3-6-12)13-7-9-15-11-16-13/h1-3,5-7,9,11H,4,8,10,14H2.